The number of pyridine rings is 1. The standard InChI is InChI=1S/C13H13N3S/c1-13(2,9-14)7-12-16-11(8-17-12)10-5-3-4-6-15-10/h3-6,8H,7H2,1-2H3. The molecule has 0 unspecified atom stereocenters. The molecular weight excluding hydrogens is 230 g/mol. The van der Waals surface area contributed by atoms with E-state index >= 15 is 0 Å². The van der Waals surface area contributed by atoms with Crippen LogP contribution in [0.3, 0.4) is 0 Å². The smallest absolute Gasteiger partial charge is 0.0998 e. The first-order valence-electron chi connectivity index (χ1n) is 5.38. The van der Waals surface area contributed by atoms with Gasteiger partial charge in [-0.05, 0) is 26.0 Å². The van der Waals surface area contributed by atoms with Crippen molar-refractivity contribution in [3.05, 3.63) is 34.8 Å². The first kappa shape index (κ1) is 11.7. The van der Waals surface area contributed by atoms with Gasteiger partial charge in [0.2, 0.25) is 0 Å². The zero-order valence-corrected chi connectivity index (χ0v) is 10.7. The Morgan fingerprint density at radius 1 is 1.35 bits per heavy atom. The molecule has 2 rings (SSSR count). The molecule has 0 fully saturated rings. The fourth-order valence-corrected chi connectivity index (χ4v) is 2.46. The molecule has 0 saturated heterocycles. The van der Waals surface area contributed by atoms with E-state index in [0.717, 1.165) is 16.4 Å². The molecule has 17 heavy (non-hydrogen) atoms. The minimum absolute atomic E-state index is 0.362. The lowest BCUT2D eigenvalue weighted by atomic mass is 9.92. The van der Waals surface area contributed by atoms with Crippen LogP contribution in [0, 0.1) is 16.7 Å². The van der Waals surface area contributed by atoms with Gasteiger partial charge in [0.1, 0.15) is 0 Å². The Labute approximate surface area is 105 Å². The Balaban J connectivity index is 2.21. The van der Waals surface area contributed by atoms with Gasteiger partial charge >= 0.3 is 0 Å². The molecule has 0 radical (unpaired) electrons. The minimum atomic E-state index is -0.362. The van der Waals surface area contributed by atoms with Crippen LogP contribution in [-0.4, -0.2) is 9.97 Å². The van der Waals surface area contributed by atoms with Gasteiger partial charge in [-0.25, -0.2) is 4.98 Å². The molecule has 2 aromatic heterocycles. The summed E-state index contributed by atoms with van der Waals surface area (Å²) < 4.78 is 0. The molecule has 0 aliphatic heterocycles. The molecule has 2 aromatic rings. The molecule has 4 heteroatoms. The Morgan fingerprint density at radius 2 is 2.18 bits per heavy atom. The highest BCUT2D eigenvalue weighted by molar-refractivity contribution is 7.09. The van der Waals surface area contributed by atoms with E-state index in [1.54, 1.807) is 17.5 Å². The average molecular weight is 243 g/mol. The third-order valence-corrected chi connectivity index (χ3v) is 3.22. The predicted molar refractivity (Wildman–Crippen MR) is 68.4 cm³/mol. The van der Waals surface area contributed by atoms with E-state index in [1.165, 1.54) is 0 Å². The van der Waals surface area contributed by atoms with Crippen LogP contribution in [0.2, 0.25) is 0 Å². The van der Waals surface area contributed by atoms with Crippen molar-refractivity contribution >= 4 is 11.3 Å². The zero-order valence-electron chi connectivity index (χ0n) is 9.84. The lowest BCUT2D eigenvalue weighted by Crippen LogP contribution is -2.11. The maximum absolute atomic E-state index is 8.99. The van der Waals surface area contributed by atoms with Gasteiger partial charge in [0.05, 0.1) is 27.9 Å². The summed E-state index contributed by atoms with van der Waals surface area (Å²) in [7, 11) is 0. The monoisotopic (exact) mass is 243 g/mol. The van der Waals surface area contributed by atoms with E-state index in [0.29, 0.717) is 6.42 Å². The molecule has 0 saturated carbocycles. The van der Waals surface area contributed by atoms with Crippen LogP contribution in [0.1, 0.15) is 18.9 Å². The van der Waals surface area contributed by atoms with Crippen LogP contribution in [0.5, 0.6) is 0 Å². The van der Waals surface area contributed by atoms with E-state index in [1.807, 2.05) is 37.4 Å². The van der Waals surface area contributed by atoms with Crippen molar-refractivity contribution < 1.29 is 0 Å². The predicted octanol–water partition coefficient (Wildman–Crippen LogP) is 3.30. The van der Waals surface area contributed by atoms with Crippen LogP contribution in [0.4, 0.5) is 0 Å². The van der Waals surface area contributed by atoms with Crippen molar-refractivity contribution in [2.45, 2.75) is 20.3 Å². The number of hydrogen-bond donors (Lipinski definition) is 0. The van der Waals surface area contributed by atoms with Crippen molar-refractivity contribution in [1.82, 2.24) is 9.97 Å². The van der Waals surface area contributed by atoms with E-state index in [4.69, 9.17) is 5.26 Å². The Kier molecular flexibility index (Phi) is 3.21. The largest absolute Gasteiger partial charge is 0.255 e. The second-order valence-corrected chi connectivity index (χ2v) is 5.46. The first-order chi connectivity index (χ1) is 8.11. The second kappa shape index (κ2) is 4.64. The highest BCUT2D eigenvalue weighted by Gasteiger charge is 2.19. The molecule has 0 aromatic carbocycles. The van der Waals surface area contributed by atoms with Crippen molar-refractivity contribution in [3.8, 4) is 17.5 Å². The normalized spacial score (nSPS) is 11.1. The van der Waals surface area contributed by atoms with Crippen molar-refractivity contribution in [3.63, 3.8) is 0 Å². The molecule has 0 amide bonds. The minimum Gasteiger partial charge on any atom is -0.255 e. The van der Waals surface area contributed by atoms with Gasteiger partial charge in [0, 0.05) is 18.0 Å². The van der Waals surface area contributed by atoms with E-state index in [-0.39, 0.29) is 5.41 Å². The second-order valence-electron chi connectivity index (χ2n) is 4.51. The van der Waals surface area contributed by atoms with Crippen molar-refractivity contribution in [1.29, 1.82) is 5.26 Å². The molecule has 2 heterocycles. The molecule has 0 aliphatic rings. The van der Waals surface area contributed by atoms with E-state index < -0.39 is 0 Å². The maximum atomic E-state index is 8.99. The maximum Gasteiger partial charge on any atom is 0.0998 e. The lowest BCUT2D eigenvalue weighted by Gasteiger charge is -2.11. The number of aromatic nitrogens is 2. The van der Waals surface area contributed by atoms with E-state index in [2.05, 4.69) is 16.0 Å². The van der Waals surface area contributed by atoms with Gasteiger partial charge in [-0.1, -0.05) is 6.07 Å². The summed E-state index contributed by atoms with van der Waals surface area (Å²) in [5.74, 6) is 0. The van der Waals surface area contributed by atoms with Crippen molar-refractivity contribution in [2.75, 3.05) is 0 Å². The topological polar surface area (TPSA) is 49.6 Å². The van der Waals surface area contributed by atoms with Crippen LogP contribution in [0.15, 0.2) is 29.8 Å². The summed E-state index contributed by atoms with van der Waals surface area (Å²) in [6.45, 7) is 3.85. The highest BCUT2D eigenvalue weighted by Crippen LogP contribution is 2.26. The SMILES string of the molecule is CC(C)(C#N)Cc1nc(-c2ccccn2)cs1. The molecule has 3 nitrogen and oxygen atoms in total. The quantitative estimate of drug-likeness (QED) is 0.831. The van der Waals surface area contributed by atoms with E-state index in [9.17, 15) is 0 Å². The number of rotatable bonds is 3. The Bertz CT molecular complexity index is 537. The summed E-state index contributed by atoms with van der Waals surface area (Å²) >= 11 is 1.58. The third-order valence-electron chi connectivity index (χ3n) is 2.37. The number of thiazole rings is 1. The zero-order chi connectivity index (χ0) is 12.3. The molecule has 86 valence electrons. The van der Waals surface area contributed by atoms with Crippen LogP contribution in [0.25, 0.3) is 11.4 Å². The van der Waals surface area contributed by atoms with Crippen LogP contribution >= 0.6 is 11.3 Å². The Hall–Kier alpha value is -1.73. The van der Waals surface area contributed by atoms with Gasteiger partial charge in [-0.2, -0.15) is 5.26 Å². The average Bonchev–Trinajstić information content (AvgIpc) is 2.78. The summed E-state index contributed by atoms with van der Waals surface area (Å²) in [5.41, 5.74) is 1.41. The number of hydrogen-bond acceptors (Lipinski definition) is 4. The summed E-state index contributed by atoms with van der Waals surface area (Å²) in [6.07, 6.45) is 2.44. The molecule has 0 spiro atoms. The van der Waals surface area contributed by atoms with Gasteiger partial charge < -0.3 is 0 Å². The summed E-state index contributed by atoms with van der Waals surface area (Å²) in [4.78, 5) is 8.78. The number of nitrogens with zero attached hydrogens (tertiary/aromatic N) is 3. The molecule has 0 bridgehead atoms. The van der Waals surface area contributed by atoms with Gasteiger partial charge in [0.25, 0.3) is 0 Å². The first-order valence-corrected chi connectivity index (χ1v) is 6.26. The van der Waals surface area contributed by atoms with Gasteiger partial charge in [-0.3, -0.25) is 4.98 Å². The summed E-state index contributed by atoms with van der Waals surface area (Å²) in [5, 5.41) is 12.0. The molecule has 0 aliphatic carbocycles. The molecule has 0 N–H and O–H groups in total. The Morgan fingerprint density at radius 3 is 2.82 bits per heavy atom. The van der Waals surface area contributed by atoms with Gasteiger partial charge in [0.15, 0.2) is 0 Å². The third kappa shape index (κ3) is 2.89. The van der Waals surface area contributed by atoms with Crippen LogP contribution < -0.4 is 0 Å². The van der Waals surface area contributed by atoms with Crippen LogP contribution in [-0.2, 0) is 6.42 Å². The highest BCUT2D eigenvalue weighted by atomic mass is 32.1. The summed E-state index contributed by atoms with van der Waals surface area (Å²) in [6, 6.07) is 8.06. The fourth-order valence-electron chi connectivity index (χ4n) is 1.44. The molecular formula is C13H13N3S. The number of nitriles is 1. The molecule has 0 atom stereocenters. The van der Waals surface area contributed by atoms with Gasteiger partial charge in [-0.15, -0.1) is 11.3 Å². The fraction of sp³-hybridized carbons (Fsp3) is 0.308. The lowest BCUT2D eigenvalue weighted by molar-refractivity contribution is 0.492. The van der Waals surface area contributed by atoms with Crippen molar-refractivity contribution in [2.24, 2.45) is 5.41 Å².